The maximum atomic E-state index is 12.8. The third-order valence-electron chi connectivity index (χ3n) is 5.92. The number of carboxylic acid groups (broad SMARTS) is 1. The van der Waals surface area contributed by atoms with Crippen LogP contribution in [0.5, 0.6) is 0 Å². The molecule has 3 rings (SSSR count). The summed E-state index contributed by atoms with van der Waals surface area (Å²) in [6.45, 7) is 5.88. The van der Waals surface area contributed by atoms with Gasteiger partial charge in [-0.15, -0.1) is 0 Å². The number of rotatable bonds is 5. The average Bonchev–Trinajstić information content (AvgIpc) is 3.03. The van der Waals surface area contributed by atoms with Crippen LogP contribution in [0, 0.1) is 11.3 Å². The molecule has 3 atom stereocenters. The van der Waals surface area contributed by atoms with Crippen LogP contribution in [0.2, 0.25) is 0 Å². The second-order valence-corrected chi connectivity index (χ2v) is 7.46. The van der Waals surface area contributed by atoms with Gasteiger partial charge in [0, 0.05) is 32.0 Å². The summed E-state index contributed by atoms with van der Waals surface area (Å²) < 4.78 is 5.46. The molecule has 2 aliphatic heterocycles. The Hall–Kier alpha value is -1.88. The number of benzene rings is 1. The molecular formula is C20H27NO4. The van der Waals surface area contributed by atoms with Gasteiger partial charge in [0.15, 0.2) is 0 Å². The van der Waals surface area contributed by atoms with Gasteiger partial charge in [-0.25, -0.2) is 0 Å². The number of aryl methyl sites for hydroxylation is 1. The van der Waals surface area contributed by atoms with Gasteiger partial charge >= 0.3 is 5.97 Å². The minimum atomic E-state index is -0.820. The zero-order chi connectivity index (χ0) is 18.0. The van der Waals surface area contributed by atoms with Crippen LogP contribution >= 0.6 is 0 Å². The zero-order valence-corrected chi connectivity index (χ0v) is 15.0. The molecule has 0 aliphatic carbocycles. The lowest BCUT2D eigenvalue weighted by atomic mass is 9.74. The number of carbonyl (C=O) groups excluding carboxylic acids is 1. The largest absolute Gasteiger partial charge is 0.481 e. The Morgan fingerprint density at radius 2 is 2.08 bits per heavy atom. The van der Waals surface area contributed by atoms with Gasteiger partial charge in [0.1, 0.15) is 0 Å². The van der Waals surface area contributed by atoms with Crippen LogP contribution in [-0.4, -0.2) is 48.2 Å². The molecule has 0 aromatic heterocycles. The number of ether oxygens (including phenoxy) is 1. The van der Waals surface area contributed by atoms with E-state index in [1.54, 1.807) is 4.90 Å². The number of fused-ring (bicyclic) bond motifs is 1. The van der Waals surface area contributed by atoms with Crippen molar-refractivity contribution in [3.63, 3.8) is 0 Å². The van der Waals surface area contributed by atoms with E-state index in [2.05, 4.69) is 38.1 Å². The lowest BCUT2D eigenvalue weighted by Gasteiger charge is -2.33. The lowest BCUT2D eigenvalue weighted by Crippen LogP contribution is -2.45. The van der Waals surface area contributed by atoms with Gasteiger partial charge in [-0.1, -0.05) is 38.1 Å². The van der Waals surface area contributed by atoms with Gasteiger partial charge in [-0.2, -0.15) is 0 Å². The Balaban J connectivity index is 1.66. The summed E-state index contributed by atoms with van der Waals surface area (Å²) in [5.74, 6) is -0.721. The summed E-state index contributed by atoms with van der Waals surface area (Å²) in [6, 6.07) is 8.40. The molecule has 25 heavy (non-hydrogen) atoms. The quantitative estimate of drug-likeness (QED) is 0.891. The normalized spacial score (nSPS) is 27.0. The highest BCUT2D eigenvalue weighted by molar-refractivity contribution is 5.81. The molecule has 5 heteroatoms. The van der Waals surface area contributed by atoms with Crippen molar-refractivity contribution in [1.82, 2.24) is 4.90 Å². The molecule has 1 N–H and O–H groups in total. The van der Waals surface area contributed by atoms with E-state index in [0.717, 1.165) is 12.0 Å². The fourth-order valence-corrected chi connectivity index (χ4v) is 4.08. The second-order valence-electron chi connectivity index (χ2n) is 7.46. The van der Waals surface area contributed by atoms with E-state index in [-0.39, 0.29) is 17.7 Å². The van der Waals surface area contributed by atoms with Crippen LogP contribution in [0.4, 0.5) is 0 Å². The van der Waals surface area contributed by atoms with Crippen LogP contribution < -0.4 is 0 Å². The van der Waals surface area contributed by atoms with Crippen molar-refractivity contribution in [3.05, 3.63) is 35.4 Å². The van der Waals surface area contributed by atoms with Gasteiger partial charge in [0.2, 0.25) is 5.91 Å². The van der Waals surface area contributed by atoms with E-state index in [0.29, 0.717) is 39.1 Å². The zero-order valence-electron chi connectivity index (χ0n) is 15.0. The van der Waals surface area contributed by atoms with Crippen LogP contribution in [0.25, 0.3) is 0 Å². The van der Waals surface area contributed by atoms with Crippen molar-refractivity contribution in [1.29, 1.82) is 0 Å². The number of amides is 1. The third-order valence-corrected chi connectivity index (χ3v) is 5.92. The van der Waals surface area contributed by atoms with E-state index in [1.165, 1.54) is 5.56 Å². The number of hydrogen-bond donors (Lipinski definition) is 1. The summed E-state index contributed by atoms with van der Waals surface area (Å²) >= 11 is 0. The predicted molar refractivity (Wildman–Crippen MR) is 94.4 cm³/mol. The number of carboxylic acids is 1. The maximum Gasteiger partial charge on any atom is 0.311 e. The van der Waals surface area contributed by atoms with E-state index in [1.807, 2.05) is 0 Å². The molecule has 2 heterocycles. The fourth-order valence-electron chi connectivity index (χ4n) is 4.08. The first kappa shape index (κ1) is 17.9. The SMILES string of the molecule is CCc1ccc(C(C)CC(=O)N2C[C@H]3COCC[C@@]3(C(=O)O)C2)cc1. The molecule has 0 bridgehead atoms. The molecule has 0 radical (unpaired) electrons. The Bertz CT molecular complexity index is 642. The highest BCUT2D eigenvalue weighted by Crippen LogP contribution is 2.42. The molecule has 1 amide bonds. The summed E-state index contributed by atoms with van der Waals surface area (Å²) in [5, 5.41) is 9.71. The van der Waals surface area contributed by atoms with Gasteiger partial charge in [-0.05, 0) is 29.9 Å². The van der Waals surface area contributed by atoms with Crippen molar-refractivity contribution in [3.8, 4) is 0 Å². The molecule has 0 saturated carbocycles. The first-order chi connectivity index (χ1) is 12.0. The molecule has 0 spiro atoms. The molecule has 2 fully saturated rings. The Labute approximate surface area is 149 Å². The molecule has 2 saturated heterocycles. The smallest absolute Gasteiger partial charge is 0.311 e. The van der Waals surface area contributed by atoms with Crippen molar-refractivity contribution in [2.24, 2.45) is 11.3 Å². The minimum Gasteiger partial charge on any atom is -0.481 e. The van der Waals surface area contributed by atoms with Crippen LogP contribution in [0.1, 0.15) is 43.7 Å². The summed E-state index contributed by atoms with van der Waals surface area (Å²) in [5.41, 5.74) is 1.62. The average molecular weight is 345 g/mol. The second kappa shape index (κ2) is 7.16. The number of aliphatic carboxylic acids is 1. The number of carbonyl (C=O) groups is 2. The van der Waals surface area contributed by atoms with E-state index < -0.39 is 11.4 Å². The van der Waals surface area contributed by atoms with E-state index in [9.17, 15) is 14.7 Å². The first-order valence-electron chi connectivity index (χ1n) is 9.14. The lowest BCUT2D eigenvalue weighted by molar-refractivity contribution is -0.157. The van der Waals surface area contributed by atoms with Crippen molar-refractivity contribution in [2.45, 2.75) is 39.0 Å². The molecule has 136 valence electrons. The third kappa shape index (κ3) is 3.43. The van der Waals surface area contributed by atoms with Gasteiger partial charge in [0.25, 0.3) is 0 Å². The molecule has 1 aromatic carbocycles. The minimum absolute atomic E-state index is 0.0436. The Morgan fingerprint density at radius 3 is 2.68 bits per heavy atom. The van der Waals surface area contributed by atoms with Gasteiger partial charge in [-0.3, -0.25) is 9.59 Å². The maximum absolute atomic E-state index is 12.8. The Morgan fingerprint density at radius 1 is 1.36 bits per heavy atom. The van der Waals surface area contributed by atoms with Crippen LogP contribution in [0.3, 0.4) is 0 Å². The molecule has 1 unspecified atom stereocenters. The molecule has 1 aromatic rings. The fraction of sp³-hybridized carbons (Fsp3) is 0.600. The topological polar surface area (TPSA) is 66.8 Å². The van der Waals surface area contributed by atoms with Gasteiger partial charge < -0.3 is 14.7 Å². The van der Waals surface area contributed by atoms with Crippen molar-refractivity contribution < 1.29 is 19.4 Å². The molecule has 2 aliphatic rings. The molecular weight excluding hydrogens is 318 g/mol. The molecule has 5 nitrogen and oxygen atoms in total. The number of likely N-dealkylation sites (tertiary alicyclic amines) is 1. The summed E-state index contributed by atoms with van der Waals surface area (Å²) in [4.78, 5) is 26.3. The van der Waals surface area contributed by atoms with Crippen molar-refractivity contribution in [2.75, 3.05) is 26.3 Å². The summed E-state index contributed by atoms with van der Waals surface area (Å²) in [6.07, 6.45) is 1.90. The van der Waals surface area contributed by atoms with Crippen LogP contribution in [-0.2, 0) is 20.7 Å². The first-order valence-corrected chi connectivity index (χ1v) is 9.14. The number of hydrogen-bond acceptors (Lipinski definition) is 3. The van der Waals surface area contributed by atoms with Crippen LogP contribution in [0.15, 0.2) is 24.3 Å². The highest BCUT2D eigenvalue weighted by atomic mass is 16.5. The monoisotopic (exact) mass is 345 g/mol. The van der Waals surface area contributed by atoms with E-state index in [4.69, 9.17) is 4.74 Å². The summed E-state index contributed by atoms with van der Waals surface area (Å²) in [7, 11) is 0. The highest BCUT2D eigenvalue weighted by Gasteiger charge is 2.54. The standard InChI is InChI=1S/C20H27NO4/c1-3-15-4-6-16(7-5-15)14(2)10-18(22)21-11-17-12-25-9-8-20(17,13-21)19(23)24/h4-7,14,17H,3,8-13H2,1-2H3,(H,23,24)/t14?,17-,20+/m0/s1. The Kier molecular flexibility index (Phi) is 5.13. The van der Waals surface area contributed by atoms with Crippen molar-refractivity contribution >= 4 is 11.9 Å². The number of nitrogens with zero attached hydrogens (tertiary/aromatic N) is 1. The van der Waals surface area contributed by atoms with E-state index >= 15 is 0 Å². The predicted octanol–water partition coefficient (Wildman–Crippen LogP) is 2.69. The van der Waals surface area contributed by atoms with Gasteiger partial charge in [0.05, 0.1) is 12.0 Å².